The third kappa shape index (κ3) is 2.12. The average Bonchev–Trinajstić information content (AvgIpc) is 2.84. The number of halogens is 1. The van der Waals surface area contributed by atoms with Gasteiger partial charge in [0.1, 0.15) is 11.6 Å². The minimum atomic E-state index is -0.344. The van der Waals surface area contributed by atoms with Gasteiger partial charge in [0.25, 0.3) is 0 Å². The van der Waals surface area contributed by atoms with Crippen LogP contribution in [0.4, 0.5) is 10.2 Å². The smallest absolute Gasteiger partial charge is 0.242 e. The Morgan fingerprint density at radius 1 is 1.53 bits per heavy atom. The number of nitrogens with one attached hydrogen (secondary N) is 2. The van der Waals surface area contributed by atoms with Crippen molar-refractivity contribution < 1.29 is 9.18 Å². The summed E-state index contributed by atoms with van der Waals surface area (Å²) in [5.74, 6) is 0.0368. The van der Waals surface area contributed by atoms with Crippen LogP contribution >= 0.6 is 0 Å². The normalized spacial score (nSPS) is 32.0. The van der Waals surface area contributed by atoms with E-state index in [1.165, 1.54) is 6.07 Å². The summed E-state index contributed by atoms with van der Waals surface area (Å²) in [5, 5.41) is 6.12. The van der Waals surface area contributed by atoms with Crippen molar-refractivity contribution in [2.45, 2.75) is 45.7 Å². The number of amides is 1. The van der Waals surface area contributed by atoms with Gasteiger partial charge >= 0.3 is 0 Å². The second-order valence-corrected chi connectivity index (χ2v) is 6.04. The predicted molar refractivity (Wildman–Crippen MR) is 70.4 cm³/mol. The van der Waals surface area contributed by atoms with Crippen LogP contribution in [0, 0.1) is 25.1 Å². The van der Waals surface area contributed by atoms with E-state index in [1.54, 1.807) is 13.8 Å². The van der Waals surface area contributed by atoms with Crippen molar-refractivity contribution >= 4 is 11.7 Å². The molecule has 0 aromatic carbocycles. The van der Waals surface area contributed by atoms with Crippen LogP contribution in [0.3, 0.4) is 0 Å². The van der Waals surface area contributed by atoms with Crippen molar-refractivity contribution in [2.24, 2.45) is 5.41 Å². The fourth-order valence-corrected chi connectivity index (χ4v) is 2.83. The Morgan fingerprint density at radius 2 is 2.26 bits per heavy atom. The molecular weight excluding hydrogens is 245 g/mol. The van der Waals surface area contributed by atoms with E-state index in [9.17, 15) is 9.18 Å². The molecule has 1 amide bonds. The zero-order valence-corrected chi connectivity index (χ0v) is 11.4. The maximum atomic E-state index is 13.3. The summed E-state index contributed by atoms with van der Waals surface area (Å²) < 4.78 is 13.3. The molecule has 2 heterocycles. The number of fused-ring (bicyclic) bond motifs is 1. The van der Waals surface area contributed by atoms with Crippen LogP contribution in [-0.2, 0) is 4.79 Å². The fraction of sp³-hybridized carbons (Fsp3) is 0.571. The first-order chi connectivity index (χ1) is 8.89. The molecule has 0 spiro atoms. The van der Waals surface area contributed by atoms with Gasteiger partial charge in [-0.1, -0.05) is 6.92 Å². The van der Waals surface area contributed by atoms with Gasteiger partial charge in [-0.05, 0) is 43.7 Å². The van der Waals surface area contributed by atoms with Gasteiger partial charge in [-0.25, -0.2) is 9.37 Å². The van der Waals surface area contributed by atoms with Gasteiger partial charge in [-0.3, -0.25) is 4.79 Å². The minimum absolute atomic E-state index is 0.0740. The molecule has 5 heteroatoms. The van der Waals surface area contributed by atoms with Gasteiger partial charge in [-0.15, -0.1) is 0 Å². The maximum absolute atomic E-state index is 13.3. The van der Waals surface area contributed by atoms with E-state index in [2.05, 4.69) is 22.5 Å². The van der Waals surface area contributed by atoms with Crippen molar-refractivity contribution in [2.75, 3.05) is 5.32 Å². The number of hydrogen-bond acceptors (Lipinski definition) is 3. The molecule has 102 valence electrons. The van der Waals surface area contributed by atoms with E-state index in [-0.39, 0.29) is 17.8 Å². The largest absolute Gasteiger partial charge is 0.309 e. The average molecular weight is 263 g/mol. The van der Waals surface area contributed by atoms with Crippen LogP contribution in [0.1, 0.15) is 31.0 Å². The summed E-state index contributed by atoms with van der Waals surface area (Å²) >= 11 is 0. The lowest BCUT2D eigenvalue weighted by atomic mass is 10.0. The lowest BCUT2D eigenvalue weighted by molar-refractivity contribution is -0.118. The highest BCUT2D eigenvalue weighted by Gasteiger charge is 2.58. The number of pyridine rings is 1. The standard InChI is InChI=1S/C14H18FN3O/c1-7-4-9(15)8(2)16-12(7)18-13(19)10-5-14(3)6-11(14)17-10/h4,10-11,17H,5-6H2,1-3H3,(H,16,18,19)/t10-,11?,14-/m0/s1. The Bertz CT molecular complexity index is 560. The molecule has 2 N–H and O–H groups in total. The SMILES string of the molecule is Cc1cc(F)c(C)nc1NC(=O)[C@@H]1C[C@@]2(C)CC2N1. The van der Waals surface area contributed by atoms with Crippen LogP contribution in [0.2, 0.25) is 0 Å². The van der Waals surface area contributed by atoms with Crippen LogP contribution in [0.25, 0.3) is 0 Å². The number of carbonyl (C=O) groups excluding carboxylic acids is 1. The van der Waals surface area contributed by atoms with Crippen LogP contribution in [0.5, 0.6) is 0 Å². The Hall–Kier alpha value is -1.49. The Balaban J connectivity index is 1.72. The Labute approximate surface area is 111 Å². The summed E-state index contributed by atoms with van der Waals surface area (Å²) in [6.45, 7) is 5.53. The van der Waals surface area contributed by atoms with Crippen molar-refractivity contribution in [3.8, 4) is 0 Å². The number of carbonyl (C=O) groups is 1. The molecule has 1 saturated heterocycles. The summed E-state index contributed by atoms with van der Waals surface area (Å²) in [5.41, 5.74) is 1.24. The van der Waals surface area contributed by atoms with Gasteiger partial charge in [0.05, 0.1) is 11.7 Å². The monoisotopic (exact) mass is 263 g/mol. The van der Waals surface area contributed by atoms with Crippen molar-refractivity contribution in [3.63, 3.8) is 0 Å². The van der Waals surface area contributed by atoms with Crippen LogP contribution in [-0.4, -0.2) is 23.0 Å². The zero-order chi connectivity index (χ0) is 13.8. The highest BCUT2D eigenvalue weighted by atomic mass is 19.1. The predicted octanol–water partition coefficient (Wildman–Crippen LogP) is 1.92. The quantitative estimate of drug-likeness (QED) is 0.857. The Kier molecular flexibility index (Phi) is 2.64. The molecule has 0 radical (unpaired) electrons. The number of aromatic nitrogens is 1. The van der Waals surface area contributed by atoms with Gasteiger partial charge < -0.3 is 10.6 Å². The van der Waals surface area contributed by atoms with E-state index in [1.807, 2.05) is 0 Å². The second-order valence-electron chi connectivity index (χ2n) is 6.04. The zero-order valence-electron chi connectivity index (χ0n) is 11.4. The lowest BCUT2D eigenvalue weighted by Crippen LogP contribution is -2.38. The van der Waals surface area contributed by atoms with Crippen molar-refractivity contribution in [1.29, 1.82) is 0 Å². The molecule has 1 aromatic rings. The molecular formula is C14H18FN3O. The van der Waals surface area contributed by atoms with Gasteiger partial charge in [0, 0.05) is 6.04 Å². The van der Waals surface area contributed by atoms with Gasteiger partial charge in [0.2, 0.25) is 5.91 Å². The number of aryl methyl sites for hydroxylation is 2. The molecule has 1 unspecified atom stereocenters. The maximum Gasteiger partial charge on any atom is 0.242 e. The first kappa shape index (κ1) is 12.5. The minimum Gasteiger partial charge on any atom is -0.309 e. The first-order valence-corrected chi connectivity index (χ1v) is 6.60. The number of nitrogens with zero attached hydrogens (tertiary/aromatic N) is 1. The van der Waals surface area contributed by atoms with E-state index < -0.39 is 0 Å². The number of rotatable bonds is 2. The number of piperidine rings is 1. The highest BCUT2D eigenvalue weighted by molar-refractivity contribution is 5.95. The number of anilines is 1. The lowest BCUT2D eigenvalue weighted by Gasteiger charge is -2.15. The molecule has 2 aliphatic rings. The van der Waals surface area contributed by atoms with E-state index in [0.29, 0.717) is 28.5 Å². The molecule has 1 aliphatic carbocycles. The summed E-state index contributed by atoms with van der Waals surface area (Å²) in [4.78, 5) is 16.3. The third-order valence-corrected chi connectivity index (χ3v) is 4.32. The van der Waals surface area contributed by atoms with E-state index >= 15 is 0 Å². The molecule has 19 heavy (non-hydrogen) atoms. The molecule has 3 atom stereocenters. The Morgan fingerprint density at radius 3 is 2.89 bits per heavy atom. The topological polar surface area (TPSA) is 54.0 Å². The van der Waals surface area contributed by atoms with Crippen molar-refractivity contribution in [3.05, 3.63) is 23.1 Å². The summed E-state index contributed by atoms with van der Waals surface area (Å²) in [6, 6.07) is 1.72. The molecule has 1 saturated carbocycles. The van der Waals surface area contributed by atoms with Gasteiger partial charge in [0.15, 0.2) is 0 Å². The number of hydrogen-bond donors (Lipinski definition) is 2. The van der Waals surface area contributed by atoms with Gasteiger partial charge in [-0.2, -0.15) is 0 Å². The fourth-order valence-electron chi connectivity index (χ4n) is 2.83. The van der Waals surface area contributed by atoms with Crippen LogP contribution in [0.15, 0.2) is 6.07 Å². The first-order valence-electron chi connectivity index (χ1n) is 6.60. The van der Waals surface area contributed by atoms with Crippen molar-refractivity contribution in [1.82, 2.24) is 10.3 Å². The molecule has 0 bridgehead atoms. The summed E-state index contributed by atoms with van der Waals surface area (Å²) in [7, 11) is 0. The highest BCUT2D eigenvalue weighted by Crippen LogP contribution is 2.53. The van der Waals surface area contributed by atoms with Crippen LogP contribution < -0.4 is 10.6 Å². The third-order valence-electron chi connectivity index (χ3n) is 4.32. The molecule has 1 aliphatic heterocycles. The molecule has 1 aromatic heterocycles. The molecule has 2 fully saturated rings. The molecule has 4 nitrogen and oxygen atoms in total. The summed E-state index contributed by atoms with van der Waals surface area (Å²) in [6.07, 6.45) is 2.02. The van der Waals surface area contributed by atoms with E-state index in [0.717, 1.165) is 12.8 Å². The van der Waals surface area contributed by atoms with E-state index in [4.69, 9.17) is 0 Å². The molecule has 3 rings (SSSR count). The second kappa shape index (κ2) is 4.00.